The Morgan fingerprint density at radius 1 is 1.03 bits per heavy atom. The minimum atomic E-state index is -2.85. The fraction of sp³-hybridized carbons (Fsp3) is 0.773. The van der Waals surface area contributed by atoms with Crippen LogP contribution < -0.4 is 11.2 Å². The van der Waals surface area contributed by atoms with Gasteiger partial charge in [-0.05, 0) is 28.9 Å². The lowest BCUT2D eigenvalue weighted by Gasteiger charge is -2.51. The van der Waals surface area contributed by atoms with Crippen molar-refractivity contribution in [3.05, 3.63) is 33.1 Å². The molecule has 1 aromatic heterocycles. The maximum absolute atomic E-state index is 12.5. The van der Waals surface area contributed by atoms with Gasteiger partial charge in [-0.1, -0.05) is 55.4 Å². The second-order valence-corrected chi connectivity index (χ2v) is 19.2. The molecule has 0 aliphatic carbocycles. The number of H-pyrrole nitrogens is 1. The number of aromatic amines is 1. The van der Waals surface area contributed by atoms with E-state index in [1.54, 1.807) is 0 Å². The van der Waals surface area contributed by atoms with Crippen LogP contribution in [-0.2, 0) is 17.7 Å². The predicted octanol–water partition coefficient (Wildman–Crippen LogP) is 3.46. The standard InChI is InChI=1S/C22H39N3O6Si2/c1-13(2)32(14(3)4)28-12-17-20(30-33(31-32,15(5)6)16(7)8)19(23-9)21(29-17)25-11-10-18(26)24-22(25)27/h10-11,13-17,19-21H,9,12H2,1-8H3,(H,24,26,27)/t17-,19-,20-,21-/m1/s1. The average molecular weight is 498 g/mol. The zero-order valence-electron chi connectivity index (χ0n) is 21.0. The van der Waals surface area contributed by atoms with Gasteiger partial charge in [0.15, 0.2) is 6.23 Å². The fourth-order valence-electron chi connectivity index (χ4n) is 5.19. The van der Waals surface area contributed by atoms with E-state index in [0.717, 1.165) is 0 Å². The van der Waals surface area contributed by atoms with Gasteiger partial charge < -0.3 is 17.7 Å². The molecular weight excluding hydrogens is 458 g/mol. The Morgan fingerprint density at radius 2 is 1.61 bits per heavy atom. The first-order valence-corrected chi connectivity index (χ1v) is 15.8. The number of ether oxygens (including phenoxy) is 1. The summed E-state index contributed by atoms with van der Waals surface area (Å²) in [7, 11) is -5.55. The zero-order chi connectivity index (χ0) is 24.7. The van der Waals surface area contributed by atoms with Gasteiger partial charge in [-0.3, -0.25) is 19.3 Å². The van der Waals surface area contributed by atoms with Crippen LogP contribution >= 0.6 is 0 Å². The van der Waals surface area contributed by atoms with Gasteiger partial charge in [0.1, 0.15) is 18.2 Å². The van der Waals surface area contributed by atoms with Gasteiger partial charge in [0.05, 0.1) is 6.61 Å². The van der Waals surface area contributed by atoms with Gasteiger partial charge in [-0.2, -0.15) is 0 Å². The van der Waals surface area contributed by atoms with E-state index in [1.165, 1.54) is 16.8 Å². The molecule has 0 spiro atoms. The summed E-state index contributed by atoms with van der Waals surface area (Å²) in [6.45, 7) is 21.3. The van der Waals surface area contributed by atoms with E-state index in [2.05, 4.69) is 72.1 Å². The van der Waals surface area contributed by atoms with Crippen LogP contribution in [-0.4, -0.2) is 58.2 Å². The summed E-state index contributed by atoms with van der Waals surface area (Å²) in [5, 5.41) is 0. The van der Waals surface area contributed by atoms with Crippen molar-refractivity contribution in [1.82, 2.24) is 9.55 Å². The number of aliphatic imine (C=N–C) groups is 1. The third-order valence-corrected chi connectivity index (χ3v) is 17.2. The molecule has 2 aliphatic rings. The van der Waals surface area contributed by atoms with Crippen molar-refractivity contribution < 1.29 is 17.7 Å². The van der Waals surface area contributed by atoms with E-state index in [-0.39, 0.29) is 28.8 Å². The number of nitrogens with one attached hydrogen (secondary N) is 1. The van der Waals surface area contributed by atoms with Gasteiger partial charge in [-0.25, -0.2) is 4.79 Å². The summed E-state index contributed by atoms with van der Waals surface area (Å²) < 4.78 is 28.7. The van der Waals surface area contributed by atoms with Gasteiger partial charge in [0.2, 0.25) is 0 Å². The lowest BCUT2D eigenvalue weighted by molar-refractivity contribution is -0.0567. The summed E-state index contributed by atoms with van der Waals surface area (Å²) in [6.07, 6.45) is -0.253. The van der Waals surface area contributed by atoms with Crippen LogP contribution in [0.25, 0.3) is 0 Å². The lowest BCUT2D eigenvalue weighted by Crippen LogP contribution is -2.65. The molecule has 33 heavy (non-hydrogen) atoms. The highest BCUT2D eigenvalue weighted by molar-refractivity contribution is 6.83. The summed E-state index contributed by atoms with van der Waals surface area (Å²) >= 11 is 0. The molecule has 0 bridgehead atoms. The molecule has 2 saturated heterocycles. The van der Waals surface area contributed by atoms with Crippen LogP contribution in [0, 0.1) is 0 Å². The van der Waals surface area contributed by atoms with E-state index in [1.807, 2.05) is 0 Å². The van der Waals surface area contributed by atoms with Crippen molar-refractivity contribution in [3.8, 4) is 0 Å². The number of hydrogen-bond donors (Lipinski definition) is 1. The molecule has 186 valence electrons. The lowest BCUT2D eigenvalue weighted by atomic mass is 10.1. The largest absolute Gasteiger partial charge is 0.414 e. The highest BCUT2D eigenvalue weighted by atomic mass is 28.5. The molecule has 2 fully saturated rings. The first-order valence-electron chi connectivity index (χ1n) is 11.8. The Balaban J connectivity index is 2.13. The Labute approximate surface area is 198 Å². The summed E-state index contributed by atoms with van der Waals surface area (Å²) in [5.41, 5.74) is -0.276. The van der Waals surface area contributed by atoms with Crippen LogP contribution in [0.5, 0.6) is 0 Å². The number of fused-ring (bicyclic) bond motifs is 1. The highest BCUT2D eigenvalue weighted by Gasteiger charge is 2.61. The highest BCUT2D eigenvalue weighted by Crippen LogP contribution is 2.48. The molecule has 0 aromatic carbocycles. The summed E-state index contributed by atoms with van der Waals surface area (Å²) in [5.74, 6) is 0. The van der Waals surface area contributed by atoms with Crippen LogP contribution in [0.3, 0.4) is 0 Å². The minimum Gasteiger partial charge on any atom is -0.414 e. The molecule has 0 unspecified atom stereocenters. The molecule has 3 rings (SSSR count). The molecule has 1 aromatic rings. The van der Waals surface area contributed by atoms with Crippen LogP contribution in [0.15, 0.2) is 26.8 Å². The van der Waals surface area contributed by atoms with Crippen molar-refractivity contribution >= 4 is 23.8 Å². The summed E-state index contributed by atoms with van der Waals surface area (Å²) in [4.78, 5) is 30.7. The minimum absolute atomic E-state index is 0.157. The molecule has 0 amide bonds. The van der Waals surface area contributed by atoms with Crippen molar-refractivity contribution in [2.75, 3.05) is 6.61 Å². The van der Waals surface area contributed by atoms with Gasteiger partial charge >= 0.3 is 22.8 Å². The van der Waals surface area contributed by atoms with Gasteiger partial charge in [0, 0.05) is 12.3 Å². The number of aromatic nitrogens is 2. The Bertz CT molecular complexity index is 944. The number of rotatable bonds is 6. The molecule has 4 atom stereocenters. The molecule has 9 nitrogen and oxygen atoms in total. The Kier molecular flexibility index (Phi) is 7.71. The van der Waals surface area contributed by atoms with Gasteiger partial charge in [0.25, 0.3) is 5.56 Å². The molecule has 3 heterocycles. The first-order chi connectivity index (χ1) is 15.4. The van der Waals surface area contributed by atoms with Crippen molar-refractivity contribution in [2.24, 2.45) is 4.99 Å². The third kappa shape index (κ3) is 4.51. The van der Waals surface area contributed by atoms with Crippen molar-refractivity contribution in [3.63, 3.8) is 0 Å². The molecule has 1 N–H and O–H groups in total. The van der Waals surface area contributed by atoms with E-state index in [9.17, 15) is 9.59 Å². The quantitative estimate of drug-likeness (QED) is 0.477. The number of hydrogen-bond acceptors (Lipinski definition) is 7. The molecule has 0 radical (unpaired) electrons. The number of nitrogens with zero attached hydrogens (tertiary/aromatic N) is 2. The van der Waals surface area contributed by atoms with Crippen LogP contribution in [0.4, 0.5) is 0 Å². The predicted molar refractivity (Wildman–Crippen MR) is 132 cm³/mol. The van der Waals surface area contributed by atoms with Crippen molar-refractivity contribution in [1.29, 1.82) is 0 Å². The van der Waals surface area contributed by atoms with E-state index in [0.29, 0.717) is 0 Å². The van der Waals surface area contributed by atoms with Crippen LogP contribution in [0.1, 0.15) is 61.6 Å². The fourth-order valence-corrected chi connectivity index (χ4v) is 16.4. The zero-order valence-corrected chi connectivity index (χ0v) is 23.0. The molecule has 11 heteroatoms. The van der Waals surface area contributed by atoms with E-state index in [4.69, 9.17) is 17.7 Å². The summed E-state index contributed by atoms with van der Waals surface area (Å²) in [6, 6.07) is 0.741. The second-order valence-electron chi connectivity index (χ2n) is 10.3. The maximum Gasteiger partial charge on any atom is 0.335 e. The molecular formula is C22H39N3O6Si2. The average Bonchev–Trinajstić information content (AvgIpc) is 3.03. The first kappa shape index (κ1) is 26.2. The Morgan fingerprint density at radius 3 is 2.09 bits per heavy atom. The maximum atomic E-state index is 12.5. The molecule has 0 saturated carbocycles. The SMILES string of the molecule is C=N[C@@H]1[C@@H]2O[Si](C(C)C)(C(C)C)O[Si](C(C)C)(C(C)C)OC[C@H]2O[C@H]1n1ccc(=O)[nH]c1=O. The smallest absolute Gasteiger partial charge is 0.335 e. The topological polar surface area (TPSA) is 104 Å². The molecule has 2 aliphatic heterocycles. The van der Waals surface area contributed by atoms with Crippen molar-refractivity contribution in [2.45, 2.75) is 102 Å². The monoisotopic (exact) mass is 497 g/mol. The normalized spacial score (nSPS) is 29.3. The Hall–Kier alpha value is -1.38. The van der Waals surface area contributed by atoms with Gasteiger partial charge in [-0.15, -0.1) is 0 Å². The third-order valence-electron chi connectivity index (χ3n) is 6.98. The van der Waals surface area contributed by atoms with E-state index < -0.39 is 52.8 Å². The van der Waals surface area contributed by atoms with Crippen LogP contribution in [0.2, 0.25) is 22.2 Å². The second kappa shape index (κ2) is 9.70. The van der Waals surface area contributed by atoms with E-state index >= 15 is 0 Å².